The molecule has 1 amide bonds. The monoisotopic (exact) mass is 281 g/mol. The predicted molar refractivity (Wildman–Crippen MR) is 81.7 cm³/mol. The fraction of sp³-hybridized carbons (Fsp3) is 0.278. The molecule has 3 nitrogen and oxygen atoms in total. The van der Waals surface area contributed by atoms with Crippen molar-refractivity contribution in [2.24, 2.45) is 0 Å². The van der Waals surface area contributed by atoms with Crippen molar-refractivity contribution in [3.8, 4) is 0 Å². The van der Waals surface area contributed by atoms with Crippen LogP contribution in [0.15, 0.2) is 54.6 Å². The number of hydrogen-bond acceptors (Lipinski definition) is 2. The van der Waals surface area contributed by atoms with Crippen molar-refractivity contribution < 1.29 is 9.90 Å². The molecule has 0 spiro atoms. The lowest BCUT2D eigenvalue weighted by molar-refractivity contribution is -0.128. The quantitative estimate of drug-likeness (QED) is 0.934. The molecule has 1 aliphatic heterocycles. The minimum atomic E-state index is -0.505. The van der Waals surface area contributed by atoms with E-state index in [-0.39, 0.29) is 12.3 Å². The highest BCUT2D eigenvalue weighted by molar-refractivity contribution is 5.79. The van der Waals surface area contributed by atoms with E-state index in [4.69, 9.17) is 0 Å². The molecular weight excluding hydrogens is 262 g/mol. The summed E-state index contributed by atoms with van der Waals surface area (Å²) in [7, 11) is 0. The van der Waals surface area contributed by atoms with E-state index in [1.165, 1.54) is 11.1 Å². The summed E-state index contributed by atoms with van der Waals surface area (Å²) in [6.07, 6.45) is 0.670. The Bertz CT molecular complexity index is 607. The molecular formula is C18H19NO2. The van der Waals surface area contributed by atoms with E-state index in [1.54, 1.807) is 4.90 Å². The number of carbonyl (C=O) groups excluding carboxylic acids is 1. The average Bonchev–Trinajstić information content (AvgIpc) is 2.80. The molecule has 2 aromatic carbocycles. The largest absolute Gasteiger partial charge is 0.391 e. The second-order valence-corrected chi connectivity index (χ2v) is 5.61. The highest BCUT2D eigenvalue weighted by Gasteiger charge is 2.27. The van der Waals surface area contributed by atoms with Gasteiger partial charge in [-0.1, -0.05) is 54.6 Å². The fourth-order valence-electron chi connectivity index (χ4n) is 2.72. The van der Waals surface area contributed by atoms with Crippen LogP contribution in [0.4, 0.5) is 0 Å². The van der Waals surface area contributed by atoms with Gasteiger partial charge >= 0.3 is 0 Å². The average molecular weight is 281 g/mol. The second kappa shape index (κ2) is 6.10. The number of aliphatic hydroxyl groups is 1. The number of β-amino-alcohol motifs (C(OH)–C–C–N with tert-alkyl or cyclic N) is 1. The molecule has 1 fully saturated rings. The van der Waals surface area contributed by atoms with Gasteiger partial charge in [0.2, 0.25) is 5.91 Å². The molecule has 0 aromatic heterocycles. The fourth-order valence-corrected chi connectivity index (χ4v) is 2.72. The highest BCUT2D eigenvalue weighted by atomic mass is 16.3. The third-order valence-corrected chi connectivity index (χ3v) is 3.84. The Hall–Kier alpha value is -2.13. The Morgan fingerprint density at radius 2 is 1.57 bits per heavy atom. The maximum Gasteiger partial charge on any atom is 0.225 e. The maximum absolute atomic E-state index is 11.7. The van der Waals surface area contributed by atoms with Gasteiger partial charge in [-0.3, -0.25) is 4.79 Å². The van der Waals surface area contributed by atoms with Crippen LogP contribution in [-0.4, -0.2) is 28.6 Å². The zero-order valence-electron chi connectivity index (χ0n) is 11.9. The molecule has 108 valence electrons. The molecule has 3 rings (SSSR count). The standard InChI is InChI=1S/C18H19NO2/c20-17-11-18(21)19(13-17)12-16-8-6-15(7-9-16)10-14-4-2-1-3-5-14/h1-9,17,20H,10-13H2. The molecule has 1 atom stereocenters. The molecule has 21 heavy (non-hydrogen) atoms. The van der Waals surface area contributed by atoms with Gasteiger partial charge in [-0.2, -0.15) is 0 Å². The Kier molecular flexibility index (Phi) is 4.02. The minimum absolute atomic E-state index is 0.0378. The topological polar surface area (TPSA) is 40.5 Å². The zero-order valence-corrected chi connectivity index (χ0v) is 11.9. The van der Waals surface area contributed by atoms with Crippen LogP contribution in [-0.2, 0) is 17.8 Å². The smallest absolute Gasteiger partial charge is 0.225 e. The van der Waals surface area contributed by atoms with Crippen LogP contribution in [0.5, 0.6) is 0 Å². The summed E-state index contributed by atoms with van der Waals surface area (Å²) >= 11 is 0. The summed E-state index contributed by atoms with van der Waals surface area (Å²) < 4.78 is 0. The van der Waals surface area contributed by atoms with Crippen LogP contribution in [0.25, 0.3) is 0 Å². The van der Waals surface area contributed by atoms with Crippen molar-refractivity contribution in [2.75, 3.05) is 6.54 Å². The molecule has 1 heterocycles. The van der Waals surface area contributed by atoms with Crippen molar-refractivity contribution in [3.63, 3.8) is 0 Å². The van der Waals surface area contributed by atoms with Crippen LogP contribution < -0.4 is 0 Å². The zero-order chi connectivity index (χ0) is 14.7. The lowest BCUT2D eigenvalue weighted by Gasteiger charge is -2.16. The molecule has 0 bridgehead atoms. The Labute approximate surface area is 124 Å². The molecule has 0 saturated carbocycles. The highest BCUT2D eigenvalue weighted by Crippen LogP contribution is 2.16. The molecule has 1 N–H and O–H groups in total. The van der Waals surface area contributed by atoms with Gasteiger partial charge in [0, 0.05) is 13.1 Å². The first kappa shape index (κ1) is 13.8. The summed E-state index contributed by atoms with van der Waals surface area (Å²) in [4.78, 5) is 13.4. The summed E-state index contributed by atoms with van der Waals surface area (Å²) in [6, 6.07) is 18.7. The summed E-state index contributed by atoms with van der Waals surface area (Å²) in [6.45, 7) is 1.03. The van der Waals surface area contributed by atoms with Gasteiger partial charge in [0.15, 0.2) is 0 Å². The number of aliphatic hydroxyl groups excluding tert-OH is 1. The Balaban J connectivity index is 1.63. The molecule has 1 aliphatic rings. The minimum Gasteiger partial charge on any atom is -0.391 e. The van der Waals surface area contributed by atoms with Gasteiger partial charge in [-0.15, -0.1) is 0 Å². The molecule has 2 aromatic rings. The lowest BCUT2D eigenvalue weighted by Crippen LogP contribution is -2.25. The molecule has 0 aliphatic carbocycles. The van der Waals surface area contributed by atoms with E-state index >= 15 is 0 Å². The van der Waals surface area contributed by atoms with Crippen molar-refractivity contribution in [2.45, 2.75) is 25.5 Å². The van der Waals surface area contributed by atoms with Crippen molar-refractivity contribution in [1.82, 2.24) is 4.90 Å². The van der Waals surface area contributed by atoms with Crippen molar-refractivity contribution >= 4 is 5.91 Å². The van der Waals surface area contributed by atoms with Crippen LogP contribution in [0, 0.1) is 0 Å². The number of likely N-dealkylation sites (tertiary alicyclic amines) is 1. The van der Waals surface area contributed by atoms with Gasteiger partial charge in [0.1, 0.15) is 0 Å². The molecule has 1 saturated heterocycles. The van der Waals surface area contributed by atoms with Gasteiger partial charge in [0.25, 0.3) is 0 Å². The predicted octanol–water partition coefficient (Wildman–Crippen LogP) is 2.37. The van der Waals surface area contributed by atoms with Crippen molar-refractivity contribution in [3.05, 3.63) is 71.3 Å². The maximum atomic E-state index is 11.7. The third kappa shape index (κ3) is 3.50. The molecule has 1 unspecified atom stereocenters. The Morgan fingerprint density at radius 1 is 0.952 bits per heavy atom. The number of rotatable bonds is 4. The van der Waals surface area contributed by atoms with Gasteiger partial charge in [-0.25, -0.2) is 0 Å². The second-order valence-electron chi connectivity index (χ2n) is 5.61. The van der Waals surface area contributed by atoms with Crippen LogP contribution >= 0.6 is 0 Å². The van der Waals surface area contributed by atoms with E-state index in [2.05, 4.69) is 36.4 Å². The van der Waals surface area contributed by atoms with Crippen LogP contribution in [0.3, 0.4) is 0 Å². The van der Waals surface area contributed by atoms with E-state index in [0.717, 1.165) is 12.0 Å². The SMILES string of the molecule is O=C1CC(O)CN1Cc1ccc(Cc2ccccc2)cc1. The van der Waals surface area contributed by atoms with Crippen LogP contribution in [0.1, 0.15) is 23.1 Å². The first-order valence-electron chi connectivity index (χ1n) is 7.28. The first-order valence-corrected chi connectivity index (χ1v) is 7.28. The van der Waals surface area contributed by atoms with E-state index in [1.807, 2.05) is 18.2 Å². The number of hydrogen-bond donors (Lipinski definition) is 1. The van der Waals surface area contributed by atoms with Gasteiger partial charge < -0.3 is 10.0 Å². The van der Waals surface area contributed by atoms with Gasteiger partial charge in [-0.05, 0) is 23.1 Å². The third-order valence-electron chi connectivity index (χ3n) is 3.84. The van der Waals surface area contributed by atoms with E-state index in [9.17, 15) is 9.90 Å². The number of amides is 1. The van der Waals surface area contributed by atoms with Crippen molar-refractivity contribution in [1.29, 1.82) is 0 Å². The number of nitrogens with zero attached hydrogens (tertiary/aromatic N) is 1. The number of benzene rings is 2. The Morgan fingerprint density at radius 3 is 2.19 bits per heavy atom. The number of carbonyl (C=O) groups is 1. The molecule has 0 radical (unpaired) electrons. The van der Waals surface area contributed by atoms with E-state index < -0.39 is 6.10 Å². The van der Waals surface area contributed by atoms with Crippen LogP contribution in [0.2, 0.25) is 0 Å². The van der Waals surface area contributed by atoms with E-state index in [0.29, 0.717) is 13.1 Å². The van der Waals surface area contributed by atoms with Gasteiger partial charge in [0.05, 0.1) is 12.5 Å². The summed E-state index contributed by atoms with van der Waals surface area (Å²) in [5.74, 6) is 0.0378. The summed E-state index contributed by atoms with van der Waals surface area (Å²) in [5.41, 5.74) is 3.66. The normalized spacial score (nSPS) is 18.2. The summed E-state index contributed by atoms with van der Waals surface area (Å²) in [5, 5.41) is 9.49. The molecule has 3 heteroatoms. The first-order chi connectivity index (χ1) is 10.2. The lowest BCUT2D eigenvalue weighted by atomic mass is 10.0.